The molecular weight excluding hydrogens is 295 g/mol. The van der Waals surface area contributed by atoms with Crippen LogP contribution in [0.3, 0.4) is 0 Å². The van der Waals surface area contributed by atoms with Gasteiger partial charge in [0.15, 0.2) is 8.32 Å². The van der Waals surface area contributed by atoms with Crippen molar-refractivity contribution in [2.45, 2.75) is 58.9 Å². The predicted octanol–water partition coefficient (Wildman–Crippen LogP) is 2.46. The van der Waals surface area contributed by atoms with Crippen LogP contribution in [0.25, 0.3) is 0 Å². The number of ether oxygens (including phenoxy) is 1. The molecule has 2 N–H and O–H groups in total. The molecule has 22 heavy (non-hydrogen) atoms. The van der Waals surface area contributed by atoms with Crippen LogP contribution in [0.15, 0.2) is 12.1 Å². The summed E-state index contributed by atoms with van der Waals surface area (Å²) in [5.41, 5.74) is 2.51. The Morgan fingerprint density at radius 1 is 1.14 bits per heavy atom. The molecular formula is C16H29BO4Si. The number of hydrogen-bond donors (Lipinski definition) is 2. The molecule has 4 nitrogen and oxygen atoms in total. The average Bonchev–Trinajstić information content (AvgIpc) is 2.42. The van der Waals surface area contributed by atoms with E-state index in [9.17, 15) is 10.0 Å². The first-order valence-corrected chi connectivity index (χ1v) is 10.6. The second kappa shape index (κ2) is 7.17. The Labute approximate surface area is 135 Å². The van der Waals surface area contributed by atoms with Gasteiger partial charge < -0.3 is 19.2 Å². The minimum absolute atomic E-state index is 0.157. The predicted molar refractivity (Wildman–Crippen MR) is 94.2 cm³/mol. The van der Waals surface area contributed by atoms with Gasteiger partial charge in [-0.25, -0.2) is 0 Å². The van der Waals surface area contributed by atoms with Crippen LogP contribution < -0.4 is 10.2 Å². The molecule has 0 spiro atoms. The minimum atomic E-state index is -1.83. The molecule has 0 aromatic heterocycles. The summed E-state index contributed by atoms with van der Waals surface area (Å²) in [6.07, 6.45) is 0.805. The lowest BCUT2D eigenvalue weighted by Gasteiger charge is -2.36. The molecule has 0 radical (unpaired) electrons. The fraction of sp³-hybridized carbons (Fsp3) is 0.625. The largest absolute Gasteiger partial charge is 0.497 e. The number of rotatable bonds is 6. The molecule has 0 aliphatic carbocycles. The first kappa shape index (κ1) is 19.2. The highest BCUT2D eigenvalue weighted by molar-refractivity contribution is 6.74. The van der Waals surface area contributed by atoms with Crippen LogP contribution in [-0.2, 0) is 17.5 Å². The van der Waals surface area contributed by atoms with Gasteiger partial charge in [0.2, 0.25) is 0 Å². The van der Waals surface area contributed by atoms with Crippen molar-refractivity contribution in [2.24, 2.45) is 0 Å². The second-order valence-electron chi connectivity index (χ2n) is 7.14. The third kappa shape index (κ3) is 4.35. The van der Waals surface area contributed by atoms with Crippen LogP contribution in [0.4, 0.5) is 0 Å². The Bertz CT molecular complexity index is 510. The zero-order valence-electron chi connectivity index (χ0n) is 14.9. The van der Waals surface area contributed by atoms with Crippen LogP contribution in [0.2, 0.25) is 18.1 Å². The quantitative estimate of drug-likeness (QED) is 0.789. The van der Waals surface area contributed by atoms with E-state index in [-0.39, 0.29) is 5.04 Å². The van der Waals surface area contributed by atoms with Crippen molar-refractivity contribution in [1.29, 1.82) is 0 Å². The summed E-state index contributed by atoms with van der Waals surface area (Å²) in [6.45, 7) is 13.7. The van der Waals surface area contributed by atoms with Gasteiger partial charge in [-0.2, -0.15) is 0 Å². The third-order valence-electron chi connectivity index (χ3n) is 4.61. The zero-order valence-corrected chi connectivity index (χ0v) is 15.9. The van der Waals surface area contributed by atoms with Crippen molar-refractivity contribution in [3.63, 3.8) is 0 Å². The van der Waals surface area contributed by atoms with Gasteiger partial charge >= 0.3 is 7.12 Å². The smallest absolute Gasteiger partial charge is 0.492 e. The third-order valence-corrected chi connectivity index (χ3v) is 9.08. The SMILES string of the molecule is CCc1cc(B(O)O)c(OC)cc1CO[Si](C)(C)C(C)(C)C. The number of benzene rings is 1. The molecule has 6 heteroatoms. The summed E-state index contributed by atoms with van der Waals surface area (Å²) >= 11 is 0. The molecule has 0 aliphatic rings. The van der Waals surface area contributed by atoms with E-state index in [4.69, 9.17) is 9.16 Å². The van der Waals surface area contributed by atoms with E-state index in [1.807, 2.05) is 13.0 Å². The van der Waals surface area contributed by atoms with E-state index >= 15 is 0 Å². The highest BCUT2D eigenvalue weighted by Gasteiger charge is 2.37. The van der Waals surface area contributed by atoms with Crippen LogP contribution in [0, 0.1) is 0 Å². The van der Waals surface area contributed by atoms with Crippen molar-refractivity contribution < 1.29 is 19.2 Å². The van der Waals surface area contributed by atoms with Crippen LogP contribution in [-0.4, -0.2) is 32.6 Å². The summed E-state index contributed by atoms with van der Waals surface area (Å²) in [4.78, 5) is 0. The summed E-state index contributed by atoms with van der Waals surface area (Å²) in [6, 6.07) is 3.66. The monoisotopic (exact) mass is 324 g/mol. The molecule has 0 aliphatic heterocycles. The molecule has 1 aromatic carbocycles. The van der Waals surface area contributed by atoms with Gasteiger partial charge in [0.05, 0.1) is 13.7 Å². The fourth-order valence-electron chi connectivity index (χ4n) is 2.00. The molecule has 124 valence electrons. The van der Waals surface area contributed by atoms with E-state index < -0.39 is 15.4 Å². The van der Waals surface area contributed by atoms with Gasteiger partial charge in [-0.3, -0.25) is 0 Å². The molecule has 0 saturated carbocycles. The molecule has 1 rings (SSSR count). The van der Waals surface area contributed by atoms with E-state index in [0.29, 0.717) is 17.8 Å². The molecule has 0 unspecified atom stereocenters. The zero-order chi connectivity index (χ0) is 17.1. The van der Waals surface area contributed by atoms with Crippen molar-refractivity contribution in [3.8, 4) is 5.75 Å². The number of hydrogen-bond acceptors (Lipinski definition) is 4. The summed E-state index contributed by atoms with van der Waals surface area (Å²) in [5.74, 6) is 0.487. The Hall–Kier alpha value is -0.818. The van der Waals surface area contributed by atoms with Gasteiger partial charge in [0, 0.05) is 5.46 Å². The Balaban J connectivity index is 3.10. The van der Waals surface area contributed by atoms with E-state index in [1.54, 1.807) is 6.07 Å². The summed E-state index contributed by atoms with van der Waals surface area (Å²) < 4.78 is 11.6. The van der Waals surface area contributed by atoms with Gasteiger partial charge in [-0.05, 0) is 41.7 Å². The van der Waals surface area contributed by atoms with Crippen LogP contribution >= 0.6 is 0 Å². The second-order valence-corrected chi connectivity index (χ2v) is 11.9. The standard InChI is InChI=1S/C16H29BO4Si/c1-8-12-9-14(17(18)19)15(20-5)10-13(12)11-21-22(6,7)16(2,3)4/h9-10,18-19H,8,11H2,1-7H3. The summed E-state index contributed by atoms with van der Waals surface area (Å²) in [5, 5.41) is 19.1. The fourth-order valence-corrected chi connectivity index (χ4v) is 2.95. The van der Waals surface area contributed by atoms with Crippen molar-refractivity contribution in [1.82, 2.24) is 0 Å². The van der Waals surface area contributed by atoms with E-state index in [0.717, 1.165) is 17.5 Å². The van der Waals surface area contributed by atoms with E-state index in [1.165, 1.54) is 7.11 Å². The van der Waals surface area contributed by atoms with Gasteiger partial charge in [-0.1, -0.05) is 33.8 Å². The molecule has 0 amide bonds. The number of methoxy groups -OCH3 is 1. The maximum atomic E-state index is 9.46. The Morgan fingerprint density at radius 3 is 2.14 bits per heavy atom. The Kier molecular flexibility index (Phi) is 6.27. The maximum absolute atomic E-state index is 9.46. The molecule has 0 fully saturated rings. The summed E-state index contributed by atoms with van der Waals surface area (Å²) in [7, 11) is -1.82. The van der Waals surface area contributed by atoms with Crippen LogP contribution in [0.5, 0.6) is 5.75 Å². The van der Waals surface area contributed by atoms with Gasteiger partial charge in [0.25, 0.3) is 0 Å². The molecule has 0 bridgehead atoms. The molecule has 1 aromatic rings. The van der Waals surface area contributed by atoms with Crippen molar-refractivity contribution in [3.05, 3.63) is 23.3 Å². The minimum Gasteiger partial charge on any atom is -0.497 e. The highest BCUT2D eigenvalue weighted by atomic mass is 28.4. The normalized spacial score (nSPS) is 12.4. The topological polar surface area (TPSA) is 58.9 Å². The lowest BCUT2D eigenvalue weighted by Crippen LogP contribution is -2.40. The number of aryl methyl sites for hydroxylation is 1. The lowest BCUT2D eigenvalue weighted by molar-refractivity contribution is 0.274. The lowest BCUT2D eigenvalue weighted by atomic mass is 9.77. The first-order valence-electron chi connectivity index (χ1n) is 7.73. The molecule has 0 heterocycles. The van der Waals surface area contributed by atoms with Crippen molar-refractivity contribution in [2.75, 3.05) is 7.11 Å². The molecule has 0 atom stereocenters. The Morgan fingerprint density at radius 2 is 1.73 bits per heavy atom. The van der Waals surface area contributed by atoms with Gasteiger partial charge in [-0.15, -0.1) is 0 Å². The van der Waals surface area contributed by atoms with Gasteiger partial charge in [0.1, 0.15) is 5.75 Å². The first-order chi connectivity index (χ1) is 10.0. The van der Waals surface area contributed by atoms with E-state index in [2.05, 4.69) is 33.9 Å². The molecule has 0 saturated heterocycles. The maximum Gasteiger partial charge on any atom is 0.492 e. The van der Waals surface area contributed by atoms with Crippen LogP contribution in [0.1, 0.15) is 38.8 Å². The average molecular weight is 324 g/mol. The van der Waals surface area contributed by atoms with Crippen molar-refractivity contribution >= 4 is 20.9 Å². The highest BCUT2D eigenvalue weighted by Crippen LogP contribution is 2.37.